The fourth-order valence-electron chi connectivity index (χ4n) is 3.08. The van der Waals surface area contributed by atoms with Crippen LogP contribution in [0, 0.1) is 13.8 Å². The Balaban J connectivity index is 1.52. The normalized spacial score (nSPS) is 11.2. The Morgan fingerprint density at radius 1 is 0.971 bits per heavy atom. The fraction of sp³-hybridized carbons (Fsp3) is 0.130. The van der Waals surface area contributed by atoms with E-state index in [9.17, 15) is 4.79 Å². The lowest BCUT2D eigenvalue weighted by atomic mass is 10.2. The number of aryl methyl sites for hydroxylation is 2. The van der Waals surface area contributed by atoms with Crippen molar-refractivity contribution in [1.29, 1.82) is 0 Å². The standard InChI is InChI=1S/C23H22ClN9O/c1-15-11-16(2)28-21(27-15)31-22(32-23(34)30-20-9-5-18(24)6-10-20)29-19-7-3-17(4-8-19)12-33-14-25-13-26-33/h3-11,13-14H,12H2,1-2H3,(H3,27,28,29,30,31,32,34). The van der Waals surface area contributed by atoms with Gasteiger partial charge in [-0.05, 0) is 61.9 Å². The zero-order valence-electron chi connectivity index (χ0n) is 18.5. The molecule has 2 aromatic carbocycles. The molecule has 0 saturated carbocycles. The van der Waals surface area contributed by atoms with Gasteiger partial charge < -0.3 is 10.6 Å². The molecule has 11 heteroatoms. The Kier molecular flexibility index (Phi) is 7.09. The molecule has 0 saturated heterocycles. The molecule has 0 spiro atoms. The van der Waals surface area contributed by atoms with Crippen LogP contribution in [0.1, 0.15) is 17.0 Å². The van der Waals surface area contributed by atoms with Gasteiger partial charge in [0.15, 0.2) is 0 Å². The van der Waals surface area contributed by atoms with Crippen LogP contribution in [0.5, 0.6) is 0 Å². The first-order chi connectivity index (χ1) is 16.4. The number of carbonyl (C=O) groups is 1. The van der Waals surface area contributed by atoms with Crippen molar-refractivity contribution in [2.45, 2.75) is 20.4 Å². The zero-order chi connectivity index (χ0) is 23.9. The van der Waals surface area contributed by atoms with E-state index in [1.165, 1.54) is 6.33 Å². The summed E-state index contributed by atoms with van der Waals surface area (Å²) < 4.78 is 1.73. The van der Waals surface area contributed by atoms with Gasteiger partial charge >= 0.3 is 6.03 Å². The molecule has 4 aromatic rings. The molecule has 0 aliphatic heterocycles. The third kappa shape index (κ3) is 6.59. The number of urea groups is 1. The summed E-state index contributed by atoms with van der Waals surface area (Å²) >= 11 is 5.91. The summed E-state index contributed by atoms with van der Waals surface area (Å²) in [6.45, 7) is 4.31. The van der Waals surface area contributed by atoms with Crippen LogP contribution in [0.25, 0.3) is 0 Å². The van der Waals surface area contributed by atoms with Crippen molar-refractivity contribution in [1.82, 2.24) is 30.0 Å². The lowest BCUT2D eigenvalue weighted by Crippen LogP contribution is -2.38. The van der Waals surface area contributed by atoms with Crippen molar-refractivity contribution < 1.29 is 4.79 Å². The van der Waals surface area contributed by atoms with Crippen LogP contribution in [-0.4, -0.2) is 36.7 Å². The van der Waals surface area contributed by atoms with Crippen molar-refractivity contribution in [3.05, 3.63) is 89.2 Å². The number of halogens is 1. The first-order valence-corrected chi connectivity index (χ1v) is 10.7. The molecule has 0 aliphatic rings. The molecule has 172 valence electrons. The highest BCUT2D eigenvalue weighted by Gasteiger charge is 2.10. The predicted octanol–water partition coefficient (Wildman–Crippen LogP) is 4.31. The molecule has 0 fully saturated rings. The molecule has 4 rings (SSSR count). The van der Waals surface area contributed by atoms with Gasteiger partial charge in [0.1, 0.15) is 12.7 Å². The first kappa shape index (κ1) is 22.9. The van der Waals surface area contributed by atoms with Gasteiger partial charge in [0.25, 0.3) is 5.95 Å². The SMILES string of the molecule is Cc1cc(C)nc(/N=C(\NC(=O)Nc2ccc(Cl)cc2)Nc2ccc(Cn3cncn3)cc2)n1. The molecule has 3 N–H and O–H groups in total. The van der Waals surface area contributed by atoms with E-state index >= 15 is 0 Å². The summed E-state index contributed by atoms with van der Waals surface area (Å²) in [6, 6.07) is 15.8. The molecular weight excluding hydrogens is 454 g/mol. The van der Waals surface area contributed by atoms with Crippen molar-refractivity contribution in [3.63, 3.8) is 0 Å². The first-order valence-electron chi connectivity index (χ1n) is 10.4. The molecule has 2 heterocycles. The van der Waals surface area contributed by atoms with E-state index in [0.717, 1.165) is 22.6 Å². The summed E-state index contributed by atoms with van der Waals surface area (Å²) in [5.74, 6) is 0.398. The van der Waals surface area contributed by atoms with Gasteiger partial charge in [-0.15, -0.1) is 0 Å². The number of hydrogen-bond acceptors (Lipinski definition) is 6. The molecular formula is C23H22ClN9O. The second-order valence-corrected chi connectivity index (χ2v) is 7.85. The monoisotopic (exact) mass is 475 g/mol. The van der Waals surface area contributed by atoms with Crippen molar-refractivity contribution in [3.8, 4) is 0 Å². The highest BCUT2D eigenvalue weighted by Crippen LogP contribution is 2.14. The lowest BCUT2D eigenvalue weighted by Gasteiger charge is -2.13. The number of hydrogen-bond donors (Lipinski definition) is 3. The Morgan fingerprint density at radius 3 is 2.26 bits per heavy atom. The van der Waals surface area contributed by atoms with E-state index in [4.69, 9.17) is 11.6 Å². The Labute approximate surface area is 201 Å². The number of aromatic nitrogens is 5. The van der Waals surface area contributed by atoms with E-state index in [-0.39, 0.29) is 11.9 Å². The maximum Gasteiger partial charge on any atom is 0.326 e. The summed E-state index contributed by atoms with van der Waals surface area (Å²) in [5, 5.41) is 13.3. The van der Waals surface area contributed by atoms with Gasteiger partial charge in [0.05, 0.1) is 6.54 Å². The molecule has 2 aromatic heterocycles. The van der Waals surface area contributed by atoms with Gasteiger partial charge in [-0.3, -0.25) is 5.32 Å². The van der Waals surface area contributed by atoms with Crippen LogP contribution < -0.4 is 16.0 Å². The average Bonchev–Trinajstić information content (AvgIpc) is 3.29. The van der Waals surface area contributed by atoms with Crippen LogP contribution >= 0.6 is 11.6 Å². The minimum Gasteiger partial charge on any atom is -0.326 e. The number of aliphatic imine (C=N–C) groups is 1. The molecule has 0 unspecified atom stereocenters. The average molecular weight is 476 g/mol. The van der Waals surface area contributed by atoms with E-state index in [0.29, 0.717) is 17.3 Å². The van der Waals surface area contributed by atoms with Crippen LogP contribution in [0.4, 0.5) is 22.1 Å². The van der Waals surface area contributed by atoms with Gasteiger partial charge in [0, 0.05) is 27.8 Å². The maximum absolute atomic E-state index is 12.6. The third-order valence-electron chi connectivity index (χ3n) is 4.54. The minimum absolute atomic E-state index is 0.167. The van der Waals surface area contributed by atoms with Crippen LogP contribution in [0.15, 0.2) is 72.2 Å². The zero-order valence-corrected chi connectivity index (χ0v) is 19.3. The summed E-state index contributed by atoms with van der Waals surface area (Å²) in [5.41, 5.74) is 3.89. The van der Waals surface area contributed by atoms with Gasteiger partial charge in [-0.1, -0.05) is 23.7 Å². The number of guanidine groups is 1. The number of nitrogens with zero attached hydrogens (tertiary/aromatic N) is 6. The van der Waals surface area contributed by atoms with Gasteiger partial charge in [-0.2, -0.15) is 10.1 Å². The highest BCUT2D eigenvalue weighted by molar-refractivity contribution is 6.30. The molecule has 0 radical (unpaired) electrons. The van der Waals surface area contributed by atoms with Crippen molar-refractivity contribution in [2.75, 3.05) is 10.6 Å². The number of benzene rings is 2. The van der Waals surface area contributed by atoms with Crippen LogP contribution in [0.2, 0.25) is 5.02 Å². The number of rotatable bonds is 5. The van der Waals surface area contributed by atoms with E-state index in [2.05, 4.69) is 41.0 Å². The van der Waals surface area contributed by atoms with E-state index < -0.39 is 6.03 Å². The largest absolute Gasteiger partial charge is 0.326 e. The molecule has 0 bridgehead atoms. The third-order valence-corrected chi connectivity index (χ3v) is 4.80. The number of amides is 2. The van der Waals surface area contributed by atoms with Gasteiger partial charge in [-0.25, -0.2) is 24.4 Å². The number of carbonyl (C=O) groups excluding carboxylic acids is 1. The smallest absolute Gasteiger partial charge is 0.326 e. The maximum atomic E-state index is 12.6. The topological polar surface area (TPSA) is 122 Å². The second-order valence-electron chi connectivity index (χ2n) is 7.41. The summed E-state index contributed by atoms with van der Waals surface area (Å²) in [6.07, 6.45) is 3.15. The Bertz CT molecular complexity index is 1270. The quantitative estimate of drug-likeness (QED) is 0.292. The predicted molar refractivity (Wildman–Crippen MR) is 131 cm³/mol. The van der Waals surface area contributed by atoms with Gasteiger partial charge in [0.2, 0.25) is 5.96 Å². The second kappa shape index (κ2) is 10.5. The van der Waals surface area contributed by atoms with E-state index in [1.54, 1.807) is 35.3 Å². The van der Waals surface area contributed by atoms with Crippen LogP contribution in [0.3, 0.4) is 0 Å². The molecule has 0 atom stereocenters. The fourth-order valence-corrected chi connectivity index (χ4v) is 3.21. The van der Waals surface area contributed by atoms with E-state index in [1.807, 2.05) is 44.2 Å². The summed E-state index contributed by atoms with van der Waals surface area (Å²) in [7, 11) is 0. The van der Waals surface area contributed by atoms with Crippen molar-refractivity contribution >= 4 is 40.9 Å². The Morgan fingerprint density at radius 2 is 1.62 bits per heavy atom. The highest BCUT2D eigenvalue weighted by atomic mass is 35.5. The lowest BCUT2D eigenvalue weighted by molar-refractivity contribution is 0.256. The molecule has 2 amide bonds. The molecule has 0 aliphatic carbocycles. The van der Waals surface area contributed by atoms with Crippen LogP contribution in [-0.2, 0) is 6.54 Å². The molecule has 34 heavy (non-hydrogen) atoms. The Hall–Kier alpha value is -4.31. The summed E-state index contributed by atoms with van der Waals surface area (Å²) in [4.78, 5) is 29.7. The number of nitrogens with one attached hydrogen (secondary N) is 3. The molecule has 10 nitrogen and oxygen atoms in total. The van der Waals surface area contributed by atoms with Crippen molar-refractivity contribution in [2.24, 2.45) is 4.99 Å². The minimum atomic E-state index is -0.485. The number of anilines is 2.